The van der Waals surface area contributed by atoms with Crippen molar-refractivity contribution in [3.8, 4) is 0 Å². The van der Waals surface area contributed by atoms with Gasteiger partial charge in [0, 0.05) is 15.9 Å². The SMILES string of the molecule is COC(=O)c1ccc(Cc2ccsc2P)s1. The van der Waals surface area contributed by atoms with Gasteiger partial charge >= 0.3 is 5.97 Å². The fourth-order valence-corrected chi connectivity index (χ4v) is 3.42. The van der Waals surface area contributed by atoms with Crippen LogP contribution in [0.25, 0.3) is 0 Å². The molecule has 2 heterocycles. The molecule has 1 atom stereocenters. The Bertz CT molecular complexity index is 502. The fraction of sp³-hybridized carbons (Fsp3) is 0.182. The highest BCUT2D eigenvalue weighted by Gasteiger charge is 2.10. The second kappa shape index (κ2) is 5.09. The molecular weight excluding hydrogens is 259 g/mol. The van der Waals surface area contributed by atoms with Crippen molar-refractivity contribution in [1.82, 2.24) is 0 Å². The van der Waals surface area contributed by atoms with E-state index in [2.05, 4.69) is 25.4 Å². The number of hydrogen-bond donors (Lipinski definition) is 0. The van der Waals surface area contributed by atoms with Gasteiger partial charge in [-0.05, 0) is 29.1 Å². The molecule has 84 valence electrons. The normalized spacial score (nSPS) is 10.4. The van der Waals surface area contributed by atoms with Crippen LogP contribution in [0.4, 0.5) is 0 Å². The van der Waals surface area contributed by atoms with Gasteiger partial charge in [-0.2, -0.15) is 0 Å². The summed E-state index contributed by atoms with van der Waals surface area (Å²) < 4.78 is 5.94. The summed E-state index contributed by atoms with van der Waals surface area (Å²) in [6.07, 6.45) is 0.879. The molecule has 2 nitrogen and oxygen atoms in total. The quantitative estimate of drug-likeness (QED) is 0.633. The first-order chi connectivity index (χ1) is 7.70. The van der Waals surface area contributed by atoms with Gasteiger partial charge in [-0.25, -0.2) is 4.79 Å². The standard InChI is InChI=1S/C11H11O2PS2/c1-13-10(12)9-3-2-8(16-9)6-7-4-5-15-11(7)14/h2-5H,6,14H2,1H3. The molecular formula is C11H11O2PS2. The summed E-state index contributed by atoms with van der Waals surface area (Å²) >= 11 is 3.21. The van der Waals surface area contributed by atoms with Crippen LogP contribution in [0.3, 0.4) is 0 Å². The van der Waals surface area contributed by atoms with Crippen molar-refractivity contribution in [3.63, 3.8) is 0 Å². The largest absolute Gasteiger partial charge is 0.465 e. The summed E-state index contributed by atoms with van der Waals surface area (Å²) in [4.78, 5) is 13.1. The molecule has 2 aromatic heterocycles. The van der Waals surface area contributed by atoms with Gasteiger partial charge < -0.3 is 4.74 Å². The van der Waals surface area contributed by atoms with E-state index in [9.17, 15) is 4.79 Å². The number of carbonyl (C=O) groups is 1. The molecule has 0 saturated carbocycles. The van der Waals surface area contributed by atoms with Crippen LogP contribution in [0.5, 0.6) is 0 Å². The van der Waals surface area contributed by atoms with E-state index >= 15 is 0 Å². The molecule has 16 heavy (non-hydrogen) atoms. The van der Waals surface area contributed by atoms with Crippen molar-refractivity contribution in [3.05, 3.63) is 38.9 Å². The Balaban J connectivity index is 2.14. The smallest absolute Gasteiger partial charge is 0.348 e. The van der Waals surface area contributed by atoms with E-state index in [1.165, 1.54) is 33.5 Å². The first-order valence-electron chi connectivity index (χ1n) is 4.69. The van der Waals surface area contributed by atoms with Crippen LogP contribution in [-0.2, 0) is 11.2 Å². The Morgan fingerprint density at radius 3 is 2.88 bits per heavy atom. The average Bonchev–Trinajstić information content (AvgIpc) is 2.89. The minimum atomic E-state index is -0.257. The third-order valence-corrected chi connectivity index (χ3v) is 4.83. The molecule has 2 rings (SSSR count). The lowest BCUT2D eigenvalue weighted by Crippen LogP contribution is -1.97. The van der Waals surface area contributed by atoms with Crippen molar-refractivity contribution in [2.24, 2.45) is 0 Å². The summed E-state index contributed by atoms with van der Waals surface area (Å²) in [7, 11) is 4.14. The Hall–Kier alpha value is -0.700. The molecule has 1 unspecified atom stereocenters. The zero-order chi connectivity index (χ0) is 11.5. The number of methoxy groups -OCH3 is 1. The predicted molar refractivity (Wildman–Crippen MR) is 72.1 cm³/mol. The lowest BCUT2D eigenvalue weighted by Gasteiger charge is -1.96. The second-order valence-electron chi connectivity index (χ2n) is 3.24. The lowest BCUT2D eigenvalue weighted by atomic mass is 10.2. The number of esters is 1. The fourth-order valence-electron chi connectivity index (χ4n) is 1.36. The Kier molecular flexibility index (Phi) is 3.74. The zero-order valence-electron chi connectivity index (χ0n) is 8.73. The van der Waals surface area contributed by atoms with Crippen LogP contribution < -0.4 is 4.62 Å². The number of rotatable bonds is 3. The molecule has 0 amide bonds. The van der Waals surface area contributed by atoms with Gasteiger partial charge in [0.15, 0.2) is 0 Å². The highest BCUT2D eigenvalue weighted by Crippen LogP contribution is 2.21. The first-order valence-corrected chi connectivity index (χ1v) is 6.97. The average molecular weight is 270 g/mol. The van der Waals surface area contributed by atoms with Crippen LogP contribution in [-0.4, -0.2) is 13.1 Å². The summed E-state index contributed by atoms with van der Waals surface area (Å²) in [5.74, 6) is -0.257. The van der Waals surface area contributed by atoms with Crippen LogP contribution >= 0.6 is 31.9 Å². The number of thiophene rings is 2. The van der Waals surface area contributed by atoms with E-state index in [4.69, 9.17) is 0 Å². The molecule has 0 aliphatic heterocycles. The van der Waals surface area contributed by atoms with Crippen molar-refractivity contribution < 1.29 is 9.53 Å². The first kappa shape index (κ1) is 11.8. The van der Waals surface area contributed by atoms with Gasteiger partial charge in [0.2, 0.25) is 0 Å². The molecule has 0 aromatic carbocycles. The maximum absolute atomic E-state index is 11.3. The van der Waals surface area contributed by atoms with Crippen molar-refractivity contribution in [1.29, 1.82) is 0 Å². The molecule has 5 heteroatoms. The highest BCUT2D eigenvalue weighted by molar-refractivity contribution is 7.43. The van der Waals surface area contributed by atoms with Gasteiger partial charge in [0.25, 0.3) is 0 Å². The second-order valence-corrected chi connectivity index (χ2v) is 6.36. The van der Waals surface area contributed by atoms with Gasteiger partial charge in [0.1, 0.15) is 4.88 Å². The minimum absolute atomic E-state index is 0.257. The summed E-state index contributed by atoms with van der Waals surface area (Å²) in [5.41, 5.74) is 1.30. The van der Waals surface area contributed by atoms with Crippen LogP contribution in [0.1, 0.15) is 20.1 Å². The van der Waals surface area contributed by atoms with E-state index in [1.807, 2.05) is 12.1 Å². The van der Waals surface area contributed by atoms with Crippen molar-refractivity contribution in [2.45, 2.75) is 6.42 Å². The highest BCUT2D eigenvalue weighted by atomic mass is 32.1. The van der Waals surface area contributed by atoms with Gasteiger partial charge in [-0.1, -0.05) is 9.24 Å². The van der Waals surface area contributed by atoms with Gasteiger partial charge in [-0.3, -0.25) is 0 Å². The Morgan fingerprint density at radius 1 is 1.44 bits per heavy atom. The van der Waals surface area contributed by atoms with Crippen molar-refractivity contribution >= 4 is 42.5 Å². The predicted octanol–water partition coefficient (Wildman–Crippen LogP) is 2.69. The topological polar surface area (TPSA) is 26.3 Å². The van der Waals surface area contributed by atoms with E-state index in [1.54, 1.807) is 11.3 Å². The van der Waals surface area contributed by atoms with Crippen LogP contribution in [0.2, 0.25) is 0 Å². The third kappa shape index (κ3) is 2.51. The van der Waals surface area contributed by atoms with Gasteiger partial charge in [-0.15, -0.1) is 22.7 Å². The minimum Gasteiger partial charge on any atom is -0.465 e. The number of carbonyl (C=O) groups excluding carboxylic acids is 1. The third-order valence-electron chi connectivity index (χ3n) is 2.19. The van der Waals surface area contributed by atoms with Crippen molar-refractivity contribution in [2.75, 3.05) is 7.11 Å². The number of hydrogen-bond acceptors (Lipinski definition) is 4. The Morgan fingerprint density at radius 2 is 2.25 bits per heavy atom. The van der Waals surface area contributed by atoms with E-state index < -0.39 is 0 Å². The van der Waals surface area contributed by atoms with E-state index in [0.29, 0.717) is 4.88 Å². The van der Waals surface area contributed by atoms with Gasteiger partial charge in [0.05, 0.1) is 7.11 Å². The molecule has 0 aliphatic rings. The molecule has 0 aliphatic carbocycles. The summed E-state index contributed by atoms with van der Waals surface area (Å²) in [5, 5.41) is 2.08. The summed E-state index contributed by atoms with van der Waals surface area (Å²) in [6.45, 7) is 0. The monoisotopic (exact) mass is 270 g/mol. The molecule has 0 N–H and O–H groups in total. The maximum atomic E-state index is 11.3. The maximum Gasteiger partial charge on any atom is 0.348 e. The molecule has 0 bridgehead atoms. The molecule has 2 aromatic rings. The van der Waals surface area contributed by atoms with Crippen LogP contribution in [0.15, 0.2) is 23.6 Å². The molecule has 0 fully saturated rings. The molecule has 0 radical (unpaired) electrons. The van der Waals surface area contributed by atoms with E-state index in [0.717, 1.165) is 6.42 Å². The summed E-state index contributed by atoms with van der Waals surface area (Å²) in [6, 6.07) is 5.92. The van der Waals surface area contributed by atoms with E-state index in [-0.39, 0.29) is 5.97 Å². The zero-order valence-corrected chi connectivity index (χ0v) is 11.5. The van der Waals surface area contributed by atoms with Crippen LogP contribution in [0, 0.1) is 0 Å². The number of ether oxygens (including phenoxy) is 1. The molecule has 0 saturated heterocycles. The Labute approximate surface area is 104 Å². The molecule has 0 spiro atoms. The lowest BCUT2D eigenvalue weighted by molar-refractivity contribution is 0.0606.